The van der Waals surface area contributed by atoms with Crippen molar-refractivity contribution in [1.29, 1.82) is 0 Å². The Bertz CT molecular complexity index is 849. The molecule has 0 spiro atoms. The molecule has 0 aliphatic heterocycles. The Hall–Kier alpha value is -2.47. The summed E-state index contributed by atoms with van der Waals surface area (Å²) in [6, 6.07) is 11.1. The van der Waals surface area contributed by atoms with E-state index in [0.717, 1.165) is 16.6 Å². The van der Waals surface area contributed by atoms with E-state index in [1.807, 2.05) is 25.1 Å². The number of hydrogen-bond donors (Lipinski definition) is 2. The number of rotatable bonds is 2. The third kappa shape index (κ3) is 2.10. The number of pyridine rings is 1. The first kappa shape index (κ1) is 12.6. The summed E-state index contributed by atoms with van der Waals surface area (Å²) in [5.74, 6) is 0.897. The molecule has 3 rings (SSSR count). The molecule has 2 heterocycles. The van der Waals surface area contributed by atoms with E-state index in [-0.39, 0.29) is 0 Å². The van der Waals surface area contributed by atoms with Gasteiger partial charge in [-0.15, -0.1) is 0 Å². The number of aromatic amines is 1. The molecule has 0 aliphatic rings. The van der Waals surface area contributed by atoms with Crippen LogP contribution in [0.15, 0.2) is 36.4 Å². The van der Waals surface area contributed by atoms with Crippen molar-refractivity contribution < 1.29 is 4.21 Å². The number of nitrogen functional groups attached to an aromatic ring is 1. The predicted octanol–water partition coefficient (Wildman–Crippen LogP) is 1.63. The second-order valence-corrected chi connectivity index (χ2v) is 4.99. The maximum atomic E-state index is 11.4. The van der Waals surface area contributed by atoms with Gasteiger partial charge in [-0.25, -0.2) is 14.2 Å². The normalized spacial score (nSPS) is 10.7. The number of fused-ring (bicyclic) bond motifs is 1. The molecule has 0 atom stereocenters. The molecule has 6 heteroatoms. The van der Waals surface area contributed by atoms with Crippen molar-refractivity contribution >= 4 is 33.0 Å². The topological polar surface area (TPSA) is 84.7 Å². The number of aryl methyl sites for hydroxylation is 1. The molecule has 20 heavy (non-hydrogen) atoms. The highest BCUT2D eigenvalue weighted by Crippen LogP contribution is 2.17. The smallest absolute Gasteiger partial charge is 0.154 e. The molecular weight excluding hydrogens is 272 g/mol. The van der Waals surface area contributed by atoms with Gasteiger partial charge in [-0.05, 0) is 30.7 Å². The van der Waals surface area contributed by atoms with Gasteiger partial charge in [-0.3, -0.25) is 0 Å². The minimum absolute atomic E-state index is 0.361. The zero-order chi connectivity index (χ0) is 14.1. The van der Waals surface area contributed by atoms with Gasteiger partial charge in [-0.2, -0.15) is 0 Å². The lowest BCUT2D eigenvalue weighted by molar-refractivity contribution is 0.701. The number of imidazole rings is 1. The monoisotopic (exact) mass is 284 g/mol. The summed E-state index contributed by atoms with van der Waals surface area (Å²) in [5.41, 5.74) is 9.01. The van der Waals surface area contributed by atoms with E-state index < -0.39 is 0 Å². The van der Waals surface area contributed by atoms with Crippen LogP contribution in [0, 0.1) is 6.92 Å². The highest BCUT2D eigenvalue weighted by molar-refractivity contribution is 7.67. The van der Waals surface area contributed by atoms with Crippen LogP contribution in [0.2, 0.25) is 0 Å². The average molecular weight is 284 g/mol. The van der Waals surface area contributed by atoms with Gasteiger partial charge in [0, 0.05) is 0 Å². The minimum Gasteiger partial charge on any atom is -0.384 e. The Balaban J connectivity index is 2.18. The van der Waals surface area contributed by atoms with Gasteiger partial charge in [0.05, 0.1) is 16.7 Å². The lowest BCUT2D eigenvalue weighted by Gasteiger charge is -2.00. The van der Waals surface area contributed by atoms with Crippen molar-refractivity contribution in [1.82, 2.24) is 15.0 Å². The van der Waals surface area contributed by atoms with Gasteiger partial charge < -0.3 is 10.7 Å². The number of hydrogen-bond acceptors (Lipinski definition) is 4. The Morgan fingerprint density at radius 2 is 2.00 bits per heavy atom. The second-order valence-electron chi connectivity index (χ2n) is 4.42. The predicted molar refractivity (Wildman–Crippen MR) is 80.8 cm³/mol. The zero-order valence-electron chi connectivity index (χ0n) is 10.8. The molecule has 0 fully saturated rings. The van der Waals surface area contributed by atoms with E-state index in [1.54, 1.807) is 18.2 Å². The van der Waals surface area contributed by atoms with Gasteiger partial charge in [0.25, 0.3) is 0 Å². The second kappa shape index (κ2) is 4.90. The maximum Gasteiger partial charge on any atom is 0.154 e. The number of nitrogens with two attached hydrogens (primary N) is 1. The van der Waals surface area contributed by atoms with Crippen molar-refractivity contribution in [2.75, 3.05) is 5.73 Å². The molecule has 0 amide bonds. The first-order chi connectivity index (χ1) is 9.69. The summed E-state index contributed by atoms with van der Waals surface area (Å²) < 4.78 is 11.4. The highest BCUT2D eigenvalue weighted by atomic mass is 32.1. The number of anilines is 1. The summed E-state index contributed by atoms with van der Waals surface area (Å²) in [6.45, 7) is 1.98. The molecule has 3 N–H and O–H groups in total. The lowest BCUT2D eigenvalue weighted by Crippen LogP contribution is -2.08. The van der Waals surface area contributed by atoms with Crippen LogP contribution in [-0.4, -0.2) is 24.0 Å². The number of H-pyrrole nitrogens is 1. The number of para-hydroxylation sites is 1. The molecule has 0 saturated heterocycles. The van der Waals surface area contributed by atoms with Crippen molar-refractivity contribution in [3.63, 3.8) is 0 Å². The number of aromatic nitrogens is 3. The molecular formula is C14H12N4OS. The molecule has 3 aromatic rings. The van der Waals surface area contributed by atoms with E-state index >= 15 is 0 Å². The van der Waals surface area contributed by atoms with Crippen molar-refractivity contribution in [3.8, 4) is 0 Å². The van der Waals surface area contributed by atoms with Gasteiger partial charge in [0.1, 0.15) is 21.9 Å². The SMILES string of the molecule is Cc1cccc2[nH]c(C(=S=O)c3cccc(N)n3)nc12. The first-order valence-electron chi connectivity index (χ1n) is 6.04. The van der Waals surface area contributed by atoms with Gasteiger partial charge in [0.2, 0.25) is 0 Å². The fourth-order valence-electron chi connectivity index (χ4n) is 2.06. The van der Waals surface area contributed by atoms with Crippen LogP contribution < -0.4 is 5.73 Å². The summed E-state index contributed by atoms with van der Waals surface area (Å²) in [6.07, 6.45) is 0. The van der Waals surface area contributed by atoms with E-state index in [0.29, 0.717) is 33.5 Å². The summed E-state index contributed by atoms with van der Waals surface area (Å²) >= 11 is 0.361. The fraction of sp³-hybridized carbons (Fsp3) is 0.0714. The molecule has 0 bridgehead atoms. The van der Waals surface area contributed by atoms with Crippen LogP contribution >= 0.6 is 0 Å². The molecule has 0 aliphatic carbocycles. The van der Waals surface area contributed by atoms with Crippen LogP contribution in [0.25, 0.3) is 11.0 Å². The van der Waals surface area contributed by atoms with E-state index in [9.17, 15) is 4.21 Å². The van der Waals surface area contributed by atoms with Gasteiger partial charge >= 0.3 is 0 Å². The summed E-state index contributed by atoms with van der Waals surface area (Å²) in [5, 5.41) is 0. The molecule has 100 valence electrons. The van der Waals surface area contributed by atoms with Crippen molar-refractivity contribution in [3.05, 3.63) is 53.5 Å². The fourth-order valence-corrected chi connectivity index (χ4v) is 2.44. The Morgan fingerprint density at radius 3 is 2.70 bits per heavy atom. The molecule has 0 radical (unpaired) electrons. The molecule has 1 aromatic carbocycles. The number of benzene rings is 1. The average Bonchev–Trinajstić information content (AvgIpc) is 2.85. The van der Waals surface area contributed by atoms with Crippen LogP contribution in [0.5, 0.6) is 0 Å². The standard InChI is InChI=1S/C14H12N4OS/c1-8-4-2-5-9-12(8)18-14(17-9)13(20-19)10-6-3-7-11(15)16-10/h2-7H,1H3,(H2,15,16)(H,17,18). The van der Waals surface area contributed by atoms with Crippen LogP contribution in [0.3, 0.4) is 0 Å². The molecule has 0 unspecified atom stereocenters. The van der Waals surface area contributed by atoms with Crippen LogP contribution in [-0.2, 0) is 11.3 Å². The van der Waals surface area contributed by atoms with Crippen molar-refractivity contribution in [2.24, 2.45) is 0 Å². The Labute approximate surface area is 118 Å². The molecule has 0 saturated carbocycles. The first-order valence-corrected chi connectivity index (χ1v) is 6.78. The van der Waals surface area contributed by atoms with Gasteiger partial charge in [0.15, 0.2) is 5.82 Å². The number of nitrogens with one attached hydrogen (secondary N) is 1. The quantitative estimate of drug-likeness (QED) is 0.553. The third-order valence-electron chi connectivity index (χ3n) is 3.02. The van der Waals surface area contributed by atoms with Crippen molar-refractivity contribution in [2.45, 2.75) is 6.92 Å². The number of nitrogens with zero attached hydrogens (tertiary/aromatic N) is 2. The third-order valence-corrected chi connectivity index (χ3v) is 3.59. The van der Waals surface area contributed by atoms with E-state index in [2.05, 4.69) is 15.0 Å². The van der Waals surface area contributed by atoms with E-state index in [1.165, 1.54) is 0 Å². The summed E-state index contributed by atoms with van der Waals surface area (Å²) in [7, 11) is 0. The Morgan fingerprint density at radius 1 is 1.20 bits per heavy atom. The zero-order valence-corrected chi connectivity index (χ0v) is 11.6. The summed E-state index contributed by atoms with van der Waals surface area (Å²) in [4.78, 5) is 12.3. The van der Waals surface area contributed by atoms with Crippen LogP contribution in [0.4, 0.5) is 5.82 Å². The molecule has 5 nitrogen and oxygen atoms in total. The van der Waals surface area contributed by atoms with E-state index in [4.69, 9.17) is 5.73 Å². The van der Waals surface area contributed by atoms with Gasteiger partial charge in [-0.1, -0.05) is 18.2 Å². The lowest BCUT2D eigenvalue weighted by atomic mass is 10.2. The Kier molecular flexibility index (Phi) is 3.08. The largest absolute Gasteiger partial charge is 0.384 e. The maximum absolute atomic E-state index is 11.4. The van der Waals surface area contributed by atoms with Crippen LogP contribution in [0.1, 0.15) is 17.1 Å². The minimum atomic E-state index is 0.361. The molecule has 2 aromatic heterocycles. The highest BCUT2D eigenvalue weighted by Gasteiger charge is 2.14.